The number of pyridine rings is 1. The van der Waals surface area contributed by atoms with E-state index in [9.17, 15) is 13.2 Å². The van der Waals surface area contributed by atoms with Crippen molar-refractivity contribution in [2.45, 2.75) is 19.6 Å². The molecule has 2 rings (SSSR count). The molecule has 0 aromatic carbocycles. The van der Waals surface area contributed by atoms with Gasteiger partial charge in [-0.2, -0.15) is 13.2 Å². The van der Waals surface area contributed by atoms with Crippen molar-refractivity contribution in [1.29, 1.82) is 0 Å². The number of aromatic nitrogens is 1. The average molecular weight is 303 g/mol. The van der Waals surface area contributed by atoms with Gasteiger partial charge in [-0.05, 0) is 12.1 Å². The molecule has 0 amide bonds. The minimum Gasteiger partial charge on any atom is -0.468 e. The van der Waals surface area contributed by atoms with Gasteiger partial charge in [0.05, 0.1) is 0 Å². The lowest BCUT2D eigenvalue weighted by molar-refractivity contribution is -0.154. The Morgan fingerprint density at radius 1 is 1.14 bits per heavy atom. The van der Waals surface area contributed by atoms with Crippen LogP contribution in [0.4, 0.5) is 13.2 Å². The van der Waals surface area contributed by atoms with Crippen LogP contribution >= 0.6 is 0 Å². The summed E-state index contributed by atoms with van der Waals surface area (Å²) in [5.41, 5.74) is 0.985. The first-order valence-electron chi connectivity index (χ1n) is 7.05. The van der Waals surface area contributed by atoms with Crippen molar-refractivity contribution in [2.75, 3.05) is 39.3 Å². The van der Waals surface area contributed by atoms with Gasteiger partial charge in [0, 0.05) is 45.0 Å². The molecule has 1 aliphatic rings. The van der Waals surface area contributed by atoms with E-state index in [2.05, 4.69) is 26.4 Å². The van der Waals surface area contributed by atoms with Crippen LogP contribution in [0.5, 0.6) is 5.88 Å². The maximum atomic E-state index is 12.0. The SMILES string of the molecule is CCN1CCN(Cc2ccc(OCC(F)(F)F)nc2)CC1. The first-order valence-corrected chi connectivity index (χ1v) is 7.05. The molecule has 0 bridgehead atoms. The molecule has 0 aliphatic carbocycles. The number of hydrogen-bond donors (Lipinski definition) is 0. The molecule has 0 saturated carbocycles. The summed E-state index contributed by atoms with van der Waals surface area (Å²) in [6.45, 7) is 6.79. The summed E-state index contributed by atoms with van der Waals surface area (Å²) in [6, 6.07) is 3.26. The second kappa shape index (κ2) is 7.09. The molecule has 7 heteroatoms. The fourth-order valence-corrected chi connectivity index (χ4v) is 2.27. The summed E-state index contributed by atoms with van der Waals surface area (Å²) in [7, 11) is 0. The zero-order valence-electron chi connectivity index (χ0n) is 12.1. The van der Waals surface area contributed by atoms with E-state index < -0.39 is 12.8 Å². The zero-order valence-corrected chi connectivity index (χ0v) is 12.1. The van der Waals surface area contributed by atoms with Crippen LogP contribution in [-0.4, -0.2) is 60.3 Å². The van der Waals surface area contributed by atoms with Crippen LogP contribution in [0.25, 0.3) is 0 Å². The molecule has 0 spiro atoms. The molecule has 118 valence electrons. The van der Waals surface area contributed by atoms with E-state index >= 15 is 0 Å². The number of likely N-dealkylation sites (N-methyl/N-ethyl adjacent to an activating group) is 1. The summed E-state index contributed by atoms with van der Waals surface area (Å²) in [6.07, 6.45) is -2.75. The lowest BCUT2D eigenvalue weighted by Gasteiger charge is -2.33. The van der Waals surface area contributed by atoms with Crippen LogP contribution < -0.4 is 4.74 Å². The average Bonchev–Trinajstić information content (AvgIpc) is 2.46. The van der Waals surface area contributed by atoms with Gasteiger partial charge in [0.1, 0.15) is 0 Å². The third-order valence-electron chi connectivity index (χ3n) is 3.50. The minimum absolute atomic E-state index is 0.00637. The highest BCUT2D eigenvalue weighted by molar-refractivity contribution is 5.17. The van der Waals surface area contributed by atoms with Gasteiger partial charge in [0.25, 0.3) is 0 Å². The molecule has 1 aromatic rings. The molecule has 0 N–H and O–H groups in total. The maximum absolute atomic E-state index is 12.0. The van der Waals surface area contributed by atoms with E-state index in [1.165, 1.54) is 6.07 Å². The normalized spacial score (nSPS) is 17.9. The van der Waals surface area contributed by atoms with Gasteiger partial charge in [-0.3, -0.25) is 4.90 Å². The number of ether oxygens (including phenoxy) is 1. The summed E-state index contributed by atoms with van der Waals surface area (Å²) in [5.74, 6) is 0.00637. The Kier molecular flexibility index (Phi) is 5.41. The predicted molar refractivity (Wildman–Crippen MR) is 73.2 cm³/mol. The van der Waals surface area contributed by atoms with Gasteiger partial charge in [-0.1, -0.05) is 13.0 Å². The Bertz CT molecular complexity index is 428. The molecule has 2 heterocycles. The molecule has 21 heavy (non-hydrogen) atoms. The molecule has 1 aromatic heterocycles. The van der Waals surface area contributed by atoms with Crippen molar-refractivity contribution in [1.82, 2.24) is 14.8 Å². The fraction of sp³-hybridized carbons (Fsp3) is 0.643. The van der Waals surface area contributed by atoms with Crippen LogP contribution in [0.1, 0.15) is 12.5 Å². The minimum atomic E-state index is -4.33. The van der Waals surface area contributed by atoms with Gasteiger partial charge in [-0.15, -0.1) is 0 Å². The van der Waals surface area contributed by atoms with Gasteiger partial charge in [0.15, 0.2) is 6.61 Å². The van der Waals surface area contributed by atoms with Crippen molar-refractivity contribution >= 4 is 0 Å². The Morgan fingerprint density at radius 3 is 2.33 bits per heavy atom. The number of halogens is 3. The number of nitrogens with zero attached hydrogens (tertiary/aromatic N) is 3. The van der Waals surface area contributed by atoms with E-state index in [-0.39, 0.29) is 5.88 Å². The van der Waals surface area contributed by atoms with Crippen LogP contribution in [-0.2, 0) is 6.54 Å². The van der Waals surface area contributed by atoms with E-state index in [4.69, 9.17) is 0 Å². The fourth-order valence-electron chi connectivity index (χ4n) is 2.27. The predicted octanol–water partition coefficient (Wildman–Crippen LogP) is 2.16. The highest BCUT2D eigenvalue weighted by atomic mass is 19.4. The van der Waals surface area contributed by atoms with E-state index in [0.29, 0.717) is 0 Å². The summed E-state index contributed by atoms with van der Waals surface area (Å²) in [5, 5.41) is 0. The maximum Gasteiger partial charge on any atom is 0.422 e. The number of hydrogen-bond acceptors (Lipinski definition) is 4. The third-order valence-corrected chi connectivity index (χ3v) is 3.50. The van der Waals surface area contributed by atoms with Crippen LogP contribution in [0.15, 0.2) is 18.3 Å². The van der Waals surface area contributed by atoms with E-state index in [1.807, 2.05) is 0 Å². The third kappa shape index (κ3) is 5.51. The Balaban J connectivity index is 1.80. The van der Waals surface area contributed by atoms with Crippen molar-refractivity contribution in [2.24, 2.45) is 0 Å². The van der Waals surface area contributed by atoms with Gasteiger partial charge in [-0.25, -0.2) is 4.98 Å². The standard InChI is InChI=1S/C14H20F3N3O/c1-2-19-5-7-20(8-6-19)10-12-3-4-13(18-9-12)21-11-14(15,16)17/h3-4,9H,2,5-8,10-11H2,1H3. The molecule has 0 radical (unpaired) electrons. The van der Waals surface area contributed by atoms with Crippen molar-refractivity contribution in [3.8, 4) is 5.88 Å². The number of rotatable bonds is 5. The molecular formula is C14H20F3N3O. The smallest absolute Gasteiger partial charge is 0.422 e. The molecule has 0 unspecified atom stereocenters. The highest BCUT2D eigenvalue weighted by Crippen LogP contribution is 2.17. The number of alkyl halides is 3. The Hall–Kier alpha value is -1.34. The quantitative estimate of drug-likeness (QED) is 0.833. The summed E-state index contributed by atoms with van der Waals surface area (Å²) < 4.78 is 40.7. The molecule has 1 saturated heterocycles. The second-order valence-electron chi connectivity index (χ2n) is 5.12. The summed E-state index contributed by atoms with van der Waals surface area (Å²) in [4.78, 5) is 8.63. The topological polar surface area (TPSA) is 28.6 Å². The van der Waals surface area contributed by atoms with Crippen molar-refractivity contribution in [3.63, 3.8) is 0 Å². The molecular weight excluding hydrogens is 283 g/mol. The Labute approximate surface area is 122 Å². The van der Waals surface area contributed by atoms with Crippen molar-refractivity contribution in [3.05, 3.63) is 23.9 Å². The molecule has 1 aliphatic heterocycles. The molecule has 0 atom stereocenters. The van der Waals surface area contributed by atoms with Gasteiger partial charge in [0.2, 0.25) is 5.88 Å². The first-order chi connectivity index (χ1) is 9.96. The van der Waals surface area contributed by atoms with Crippen LogP contribution in [0.3, 0.4) is 0 Å². The lowest BCUT2D eigenvalue weighted by Crippen LogP contribution is -2.45. The largest absolute Gasteiger partial charge is 0.468 e. The van der Waals surface area contributed by atoms with E-state index in [1.54, 1.807) is 12.3 Å². The molecule has 4 nitrogen and oxygen atoms in total. The monoisotopic (exact) mass is 303 g/mol. The van der Waals surface area contributed by atoms with Crippen LogP contribution in [0, 0.1) is 0 Å². The summed E-state index contributed by atoms with van der Waals surface area (Å²) >= 11 is 0. The number of piperazine rings is 1. The van der Waals surface area contributed by atoms with E-state index in [0.717, 1.165) is 44.8 Å². The van der Waals surface area contributed by atoms with Gasteiger partial charge < -0.3 is 9.64 Å². The second-order valence-corrected chi connectivity index (χ2v) is 5.12. The van der Waals surface area contributed by atoms with Gasteiger partial charge >= 0.3 is 6.18 Å². The van der Waals surface area contributed by atoms with Crippen molar-refractivity contribution < 1.29 is 17.9 Å². The lowest BCUT2D eigenvalue weighted by atomic mass is 10.2. The van der Waals surface area contributed by atoms with Crippen LogP contribution in [0.2, 0.25) is 0 Å². The highest BCUT2D eigenvalue weighted by Gasteiger charge is 2.28. The zero-order chi connectivity index (χ0) is 15.3. The Morgan fingerprint density at radius 2 is 1.81 bits per heavy atom. The first kappa shape index (κ1) is 16.0. The molecule has 1 fully saturated rings.